The number of nitrogens with zero attached hydrogens (tertiary/aromatic N) is 2. The van der Waals surface area contributed by atoms with Crippen LogP contribution >= 0.6 is 0 Å². The second-order valence-electron chi connectivity index (χ2n) is 6.32. The zero-order valence-corrected chi connectivity index (χ0v) is 14.1. The Hall–Kier alpha value is -1.57. The molecule has 0 aromatic carbocycles. The largest absolute Gasteiger partial charge is 0.481 e. The van der Waals surface area contributed by atoms with Crippen molar-refractivity contribution in [3.8, 4) is 0 Å². The first-order valence-electron chi connectivity index (χ1n) is 7.88. The van der Waals surface area contributed by atoms with Crippen LogP contribution in [-0.4, -0.2) is 73.0 Å². The van der Waals surface area contributed by atoms with Crippen LogP contribution in [0.5, 0.6) is 0 Å². The number of carbonyl (C=O) groups excluding carboxylic acids is 1. The number of piperidine rings is 1. The molecule has 130 valence electrons. The molecule has 0 unspecified atom stereocenters. The average molecular weight is 344 g/mol. The van der Waals surface area contributed by atoms with E-state index in [-0.39, 0.29) is 30.6 Å². The number of carboxylic acid groups (broad SMARTS) is 1. The van der Waals surface area contributed by atoms with Crippen LogP contribution in [0.25, 0.3) is 0 Å². The fourth-order valence-electron chi connectivity index (χ4n) is 3.18. The van der Waals surface area contributed by atoms with Gasteiger partial charge in [-0.1, -0.05) is 6.08 Å². The number of rotatable bonds is 4. The molecule has 0 radical (unpaired) electrons. The summed E-state index contributed by atoms with van der Waals surface area (Å²) in [6, 6.07) is -0.178. The molecule has 1 N–H and O–H groups in total. The van der Waals surface area contributed by atoms with Crippen molar-refractivity contribution in [1.82, 2.24) is 9.80 Å². The molecule has 0 atom stereocenters. The SMILES string of the molecule is C=CCCC1(C(=O)O)CCN(C(=O)N2CCS(=O)(=O)CC2)CC1. The van der Waals surface area contributed by atoms with Crippen molar-refractivity contribution in [3.05, 3.63) is 12.7 Å². The summed E-state index contributed by atoms with van der Waals surface area (Å²) in [7, 11) is -3.02. The van der Waals surface area contributed by atoms with Crippen LogP contribution in [-0.2, 0) is 14.6 Å². The minimum atomic E-state index is -3.02. The molecule has 0 aliphatic carbocycles. The lowest BCUT2D eigenvalue weighted by Crippen LogP contribution is -2.53. The topological polar surface area (TPSA) is 95.0 Å². The number of hydrogen-bond acceptors (Lipinski definition) is 4. The van der Waals surface area contributed by atoms with E-state index in [0.29, 0.717) is 38.8 Å². The Kier molecular flexibility index (Phi) is 5.33. The molecule has 0 saturated carbocycles. The van der Waals surface area contributed by atoms with Gasteiger partial charge in [0.2, 0.25) is 0 Å². The van der Waals surface area contributed by atoms with E-state index in [2.05, 4.69) is 6.58 Å². The maximum Gasteiger partial charge on any atom is 0.320 e. The molecule has 2 heterocycles. The summed E-state index contributed by atoms with van der Waals surface area (Å²) in [5.74, 6) is -0.800. The van der Waals surface area contributed by atoms with Crippen LogP contribution in [0, 0.1) is 5.41 Å². The molecule has 2 amide bonds. The Bertz CT molecular complexity index is 565. The van der Waals surface area contributed by atoms with Gasteiger partial charge in [-0.15, -0.1) is 6.58 Å². The Labute approximate surface area is 136 Å². The Morgan fingerprint density at radius 2 is 1.61 bits per heavy atom. The minimum absolute atomic E-state index is 0.00494. The number of amides is 2. The minimum Gasteiger partial charge on any atom is -0.481 e. The van der Waals surface area contributed by atoms with Gasteiger partial charge >= 0.3 is 12.0 Å². The molecule has 0 aromatic rings. The predicted octanol–water partition coefficient (Wildman–Crippen LogP) is 0.970. The van der Waals surface area contributed by atoms with Crippen LogP contribution in [0.3, 0.4) is 0 Å². The Balaban J connectivity index is 1.94. The fourth-order valence-corrected chi connectivity index (χ4v) is 4.38. The lowest BCUT2D eigenvalue weighted by molar-refractivity contribution is -0.152. The third-order valence-corrected chi connectivity index (χ3v) is 6.50. The number of aliphatic carboxylic acids is 1. The van der Waals surface area contributed by atoms with E-state index in [4.69, 9.17) is 0 Å². The van der Waals surface area contributed by atoms with Gasteiger partial charge in [0.1, 0.15) is 0 Å². The smallest absolute Gasteiger partial charge is 0.320 e. The van der Waals surface area contributed by atoms with Crippen molar-refractivity contribution < 1.29 is 23.1 Å². The molecule has 2 fully saturated rings. The van der Waals surface area contributed by atoms with Crippen molar-refractivity contribution in [1.29, 1.82) is 0 Å². The van der Waals surface area contributed by atoms with E-state index in [9.17, 15) is 23.1 Å². The monoisotopic (exact) mass is 344 g/mol. The molecule has 23 heavy (non-hydrogen) atoms. The van der Waals surface area contributed by atoms with E-state index in [1.54, 1.807) is 15.9 Å². The molecule has 0 bridgehead atoms. The highest BCUT2D eigenvalue weighted by molar-refractivity contribution is 7.91. The van der Waals surface area contributed by atoms with Crippen LogP contribution in [0.4, 0.5) is 4.79 Å². The highest BCUT2D eigenvalue weighted by Crippen LogP contribution is 2.37. The van der Waals surface area contributed by atoms with E-state index in [0.717, 1.165) is 0 Å². The van der Waals surface area contributed by atoms with Crippen molar-refractivity contribution >= 4 is 21.8 Å². The molecule has 2 aliphatic rings. The van der Waals surface area contributed by atoms with Crippen molar-refractivity contribution in [3.63, 3.8) is 0 Å². The van der Waals surface area contributed by atoms with Crippen LogP contribution in [0.2, 0.25) is 0 Å². The van der Waals surface area contributed by atoms with Crippen LogP contribution in [0.15, 0.2) is 12.7 Å². The highest BCUT2D eigenvalue weighted by Gasteiger charge is 2.42. The number of sulfone groups is 1. The molecule has 2 saturated heterocycles. The Morgan fingerprint density at radius 1 is 1.09 bits per heavy atom. The normalized spacial score (nSPS) is 23.3. The molecule has 8 heteroatoms. The number of urea groups is 1. The van der Waals surface area contributed by atoms with Gasteiger partial charge in [0, 0.05) is 26.2 Å². The van der Waals surface area contributed by atoms with Crippen molar-refractivity contribution in [2.75, 3.05) is 37.7 Å². The number of likely N-dealkylation sites (tertiary alicyclic amines) is 1. The number of carboxylic acids is 1. The third kappa shape index (κ3) is 4.04. The molecule has 0 spiro atoms. The van der Waals surface area contributed by atoms with Crippen LogP contribution in [0.1, 0.15) is 25.7 Å². The van der Waals surface area contributed by atoms with E-state index in [1.165, 1.54) is 0 Å². The van der Waals surface area contributed by atoms with Gasteiger partial charge in [0.25, 0.3) is 0 Å². The summed E-state index contributed by atoms with van der Waals surface area (Å²) in [6.07, 6.45) is 3.75. The second kappa shape index (κ2) is 6.90. The van der Waals surface area contributed by atoms with Gasteiger partial charge in [0.05, 0.1) is 16.9 Å². The summed E-state index contributed by atoms with van der Waals surface area (Å²) >= 11 is 0. The first-order chi connectivity index (χ1) is 10.8. The Morgan fingerprint density at radius 3 is 2.09 bits per heavy atom. The lowest BCUT2D eigenvalue weighted by Gasteiger charge is -2.41. The maximum atomic E-state index is 12.5. The molecular weight excluding hydrogens is 320 g/mol. The number of carbonyl (C=O) groups is 2. The number of allylic oxidation sites excluding steroid dienone is 1. The van der Waals surface area contributed by atoms with Gasteiger partial charge in [-0.05, 0) is 25.7 Å². The molecule has 2 rings (SSSR count). The number of hydrogen-bond donors (Lipinski definition) is 1. The van der Waals surface area contributed by atoms with Gasteiger partial charge in [-0.3, -0.25) is 4.79 Å². The predicted molar refractivity (Wildman–Crippen MR) is 85.9 cm³/mol. The van der Waals surface area contributed by atoms with Gasteiger partial charge in [-0.25, -0.2) is 13.2 Å². The first kappa shape index (κ1) is 17.8. The highest BCUT2D eigenvalue weighted by atomic mass is 32.2. The molecule has 0 aromatic heterocycles. The van der Waals surface area contributed by atoms with Crippen molar-refractivity contribution in [2.24, 2.45) is 5.41 Å². The quantitative estimate of drug-likeness (QED) is 0.767. The van der Waals surface area contributed by atoms with Crippen molar-refractivity contribution in [2.45, 2.75) is 25.7 Å². The van der Waals surface area contributed by atoms with E-state index >= 15 is 0 Å². The van der Waals surface area contributed by atoms with Gasteiger partial charge in [-0.2, -0.15) is 0 Å². The zero-order chi connectivity index (χ0) is 17.1. The summed E-state index contributed by atoms with van der Waals surface area (Å²) < 4.78 is 22.9. The zero-order valence-electron chi connectivity index (χ0n) is 13.2. The summed E-state index contributed by atoms with van der Waals surface area (Å²) in [6.45, 7) is 4.87. The van der Waals surface area contributed by atoms with Gasteiger partial charge < -0.3 is 14.9 Å². The molecular formula is C15H24N2O5S. The standard InChI is InChI=1S/C15H24N2O5S/c1-2-3-4-15(13(18)19)5-7-16(8-6-15)14(20)17-9-11-23(21,22)12-10-17/h2H,1,3-12H2,(H,18,19). The molecule has 7 nitrogen and oxygen atoms in total. The van der Waals surface area contributed by atoms with Crippen LogP contribution < -0.4 is 0 Å². The average Bonchev–Trinajstić information content (AvgIpc) is 2.52. The third-order valence-electron chi connectivity index (χ3n) is 4.89. The summed E-state index contributed by atoms with van der Waals surface area (Å²) in [5.41, 5.74) is -0.782. The lowest BCUT2D eigenvalue weighted by atomic mass is 9.75. The van der Waals surface area contributed by atoms with E-state index < -0.39 is 21.2 Å². The summed E-state index contributed by atoms with van der Waals surface area (Å²) in [5, 5.41) is 9.53. The maximum absolute atomic E-state index is 12.5. The van der Waals surface area contributed by atoms with E-state index in [1.807, 2.05) is 0 Å². The van der Waals surface area contributed by atoms with Gasteiger partial charge in [0.15, 0.2) is 9.84 Å². The fraction of sp³-hybridized carbons (Fsp3) is 0.733. The molecule has 2 aliphatic heterocycles. The first-order valence-corrected chi connectivity index (χ1v) is 9.70. The summed E-state index contributed by atoms with van der Waals surface area (Å²) in [4.78, 5) is 27.3. The second-order valence-corrected chi connectivity index (χ2v) is 8.62.